The highest BCUT2D eigenvalue weighted by atomic mass is 35.5. The summed E-state index contributed by atoms with van der Waals surface area (Å²) in [4.78, 5) is 29.6. The van der Waals surface area contributed by atoms with Crippen LogP contribution in [-0.4, -0.2) is 32.1 Å². The summed E-state index contributed by atoms with van der Waals surface area (Å²) in [7, 11) is 0. The number of hydrogen-bond donors (Lipinski definition) is 4. The molecule has 2 heterocycles. The molecule has 0 aliphatic heterocycles. The van der Waals surface area contributed by atoms with Gasteiger partial charge in [-0.2, -0.15) is 0 Å². The minimum absolute atomic E-state index is 0.0642. The van der Waals surface area contributed by atoms with Crippen LogP contribution in [0.4, 0.5) is 22.7 Å². The van der Waals surface area contributed by atoms with E-state index in [0.717, 1.165) is 12.8 Å². The molecule has 8 nitrogen and oxygen atoms in total. The van der Waals surface area contributed by atoms with Crippen molar-refractivity contribution >= 4 is 81.1 Å². The van der Waals surface area contributed by atoms with Crippen LogP contribution in [0, 0.1) is 0 Å². The maximum atomic E-state index is 10.8. The molecule has 4 aromatic carbocycles. The highest BCUT2D eigenvalue weighted by molar-refractivity contribution is 6.39. The number of carbonyl (C=O) groups is 2. The molecule has 0 spiro atoms. The Bertz CT molecular complexity index is 1880. The Morgan fingerprint density at radius 1 is 0.481 bits per heavy atom. The first-order chi connectivity index (χ1) is 25.1. The minimum Gasteiger partial charge on any atom is -0.481 e. The Kier molecular flexibility index (Phi) is 15.8. The van der Waals surface area contributed by atoms with Crippen LogP contribution in [0.3, 0.4) is 0 Å². The minimum atomic E-state index is -0.889. The average molecular weight is 777 g/mol. The first-order valence-electron chi connectivity index (χ1n) is 15.9. The van der Waals surface area contributed by atoms with E-state index in [-0.39, 0.29) is 12.8 Å². The Hall–Kier alpha value is -5.12. The number of anilines is 4. The monoisotopic (exact) mass is 774 g/mol. The van der Waals surface area contributed by atoms with Gasteiger partial charge in [0.15, 0.2) is 0 Å². The zero-order valence-electron chi connectivity index (χ0n) is 27.6. The van der Waals surface area contributed by atoms with Crippen molar-refractivity contribution in [2.45, 2.75) is 25.7 Å². The highest BCUT2D eigenvalue weighted by Crippen LogP contribution is 2.35. The van der Waals surface area contributed by atoms with Crippen molar-refractivity contribution in [1.29, 1.82) is 0 Å². The largest absolute Gasteiger partial charge is 0.481 e. The normalized spacial score (nSPS) is 10.2. The van der Waals surface area contributed by atoms with Crippen LogP contribution >= 0.6 is 46.4 Å². The van der Waals surface area contributed by atoms with Crippen molar-refractivity contribution in [2.24, 2.45) is 0 Å². The zero-order chi connectivity index (χ0) is 37.3. The maximum absolute atomic E-state index is 10.8. The molecule has 0 saturated heterocycles. The Morgan fingerprint density at radius 2 is 0.808 bits per heavy atom. The van der Waals surface area contributed by atoms with E-state index < -0.39 is 11.9 Å². The molecule has 12 heteroatoms. The second kappa shape index (κ2) is 20.7. The molecule has 4 N–H and O–H groups in total. The van der Waals surface area contributed by atoms with Gasteiger partial charge in [-0.15, -0.1) is 0 Å². The van der Waals surface area contributed by atoms with Crippen LogP contribution in [0.1, 0.15) is 22.3 Å². The molecule has 0 fully saturated rings. The summed E-state index contributed by atoms with van der Waals surface area (Å²) >= 11 is 24.3. The quantitative estimate of drug-likeness (QED) is 0.103. The molecule has 0 unspecified atom stereocenters. The van der Waals surface area contributed by atoms with Gasteiger partial charge in [-0.25, -0.2) is 0 Å². The van der Waals surface area contributed by atoms with E-state index >= 15 is 0 Å². The van der Waals surface area contributed by atoms with Crippen molar-refractivity contribution in [3.05, 3.63) is 176 Å². The Balaban J connectivity index is 0.000000177. The first-order valence-corrected chi connectivity index (χ1v) is 17.4. The molecule has 0 atom stereocenters. The van der Waals surface area contributed by atoms with Crippen LogP contribution in [-0.2, 0) is 35.3 Å². The van der Waals surface area contributed by atoms with E-state index in [0.29, 0.717) is 54.0 Å². The van der Waals surface area contributed by atoms with E-state index in [1.165, 1.54) is 11.1 Å². The van der Waals surface area contributed by atoms with Gasteiger partial charge in [-0.1, -0.05) is 94.9 Å². The second-order valence-electron chi connectivity index (χ2n) is 11.1. The SMILES string of the molecule is O=C(O)Cc1ccccc1Nc1c(Cl)cccc1Cl.O=C(O)Cc1ccccc1Nc1c(Cl)cccc1Cl.c1cc(CCc2ccncc2)ccn1. The summed E-state index contributed by atoms with van der Waals surface area (Å²) in [5.41, 5.74) is 6.51. The highest BCUT2D eigenvalue weighted by Gasteiger charge is 2.11. The number of para-hydroxylation sites is 4. The Morgan fingerprint density at radius 3 is 1.13 bits per heavy atom. The van der Waals surface area contributed by atoms with Gasteiger partial charge >= 0.3 is 11.9 Å². The van der Waals surface area contributed by atoms with Crippen LogP contribution in [0.5, 0.6) is 0 Å². The molecule has 0 bridgehead atoms. The fourth-order valence-electron chi connectivity index (χ4n) is 4.81. The van der Waals surface area contributed by atoms with Gasteiger partial charge < -0.3 is 20.8 Å². The topological polar surface area (TPSA) is 124 Å². The predicted molar refractivity (Wildman–Crippen MR) is 211 cm³/mol. The smallest absolute Gasteiger partial charge is 0.307 e. The Labute approximate surface area is 322 Å². The van der Waals surface area contributed by atoms with E-state index in [4.69, 9.17) is 56.6 Å². The number of hydrogen-bond acceptors (Lipinski definition) is 6. The number of halogens is 4. The molecule has 0 aliphatic carbocycles. The molecule has 52 heavy (non-hydrogen) atoms. The van der Waals surface area contributed by atoms with E-state index in [1.807, 2.05) is 36.9 Å². The lowest BCUT2D eigenvalue weighted by atomic mass is 10.1. The molecule has 266 valence electrons. The van der Waals surface area contributed by atoms with Gasteiger partial charge in [0.25, 0.3) is 0 Å². The van der Waals surface area contributed by atoms with E-state index in [1.54, 1.807) is 72.8 Å². The van der Waals surface area contributed by atoms with Crippen molar-refractivity contribution in [1.82, 2.24) is 9.97 Å². The van der Waals surface area contributed by atoms with Crippen LogP contribution < -0.4 is 10.6 Å². The van der Waals surface area contributed by atoms with E-state index in [2.05, 4.69) is 44.9 Å². The summed E-state index contributed by atoms with van der Waals surface area (Å²) in [6.07, 6.45) is 9.34. The van der Waals surface area contributed by atoms with Gasteiger partial charge in [0.05, 0.1) is 44.3 Å². The van der Waals surface area contributed by atoms with Crippen LogP contribution in [0.25, 0.3) is 0 Å². The molecular formula is C40H34Cl4N4O4. The van der Waals surface area contributed by atoms with Crippen molar-refractivity contribution in [3.8, 4) is 0 Å². The number of nitrogens with zero attached hydrogens (tertiary/aromatic N) is 2. The van der Waals surface area contributed by atoms with Gasteiger partial charge in [0.2, 0.25) is 0 Å². The van der Waals surface area contributed by atoms with Crippen LogP contribution in [0.2, 0.25) is 20.1 Å². The molecule has 0 aliphatic rings. The molecule has 2 aromatic heterocycles. The molecule has 6 rings (SSSR count). The number of pyridine rings is 2. The number of aromatic nitrogens is 2. The number of benzene rings is 4. The number of aliphatic carboxylic acids is 2. The number of nitrogens with one attached hydrogen (secondary N) is 2. The molecule has 6 aromatic rings. The fraction of sp³-hybridized carbons (Fsp3) is 0.100. The first kappa shape index (κ1) is 39.7. The van der Waals surface area contributed by atoms with Gasteiger partial charge in [0, 0.05) is 36.2 Å². The lowest BCUT2D eigenvalue weighted by molar-refractivity contribution is -0.137. The molecule has 0 saturated carbocycles. The molecule has 0 amide bonds. The summed E-state index contributed by atoms with van der Waals surface area (Å²) < 4.78 is 0. The standard InChI is InChI=1S/2C14H11Cl2NO2.C12H12N2/c2*15-10-5-3-6-11(16)14(10)17-12-7-2-1-4-9(12)8-13(18)19;1(11-3-7-13-8-4-11)2-12-5-9-14-10-6-12/h2*1-7,17H,8H2,(H,18,19);3-10H,1-2H2. The van der Waals surface area contributed by atoms with Gasteiger partial charge in [-0.3, -0.25) is 19.6 Å². The van der Waals surface area contributed by atoms with Crippen molar-refractivity contribution in [2.75, 3.05) is 10.6 Å². The van der Waals surface area contributed by atoms with Gasteiger partial charge in [0.1, 0.15) is 0 Å². The molecular weight excluding hydrogens is 742 g/mol. The number of aryl methyl sites for hydroxylation is 2. The molecule has 0 radical (unpaired) electrons. The van der Waals surface area contributed by atoms with Crippen molar-refractivity contribution in [3.63, 3.8) is 0 Å². The lowest BCUT2D eigenvalue weighted by Crippen LogP contribution is -2.04. The average Bonchev–Trinajstić information content (AvgIpc) is 3.13. The van der Waals surface area contributed by atoms with E-state index in [9.17, 15) is 9.59 Å². The lowest BCUT2D eigenvalue weighted by Gasteiger charge is -2.13. The van der Waals surface area contributed by atoms with Crippen molar-refractivity contribution < 1.29 is 19.8 Å². The number of carboxylic acids is 2. The van der Waals surface area contributed by atoms with Gasteiger partial charge in [-0.05, 0) is 95.8 Å². The summed E-state index contributed by atoms with van der Waals surface area (Å²) in [5, 5.41) is 25.9. The predicted octanol–water partition coefficient (Wildman–Crippen LogP) is 11.0. The second-order valence-corrected chi connectivity index (χ2v) is 12.7. The third-order valence-electron chi connectivity index (χ3n) is 7.36. The van der Waals surface area contributed by atoms with Crippen LogP contribution in [0.15, 0.2) is 134 Å². The third kappa shape index (κ3) is 12.9. The number of rotatable bonds is 11. The number of carboxylic acid groups (broad SMARTS) is 2. The summed E-state index contributed by atoms with van der Waals surface area (Å²) in [6.45, 7) is 0. The fourth-order valence-corrected chi connectivity index (χ4v) is 5.79. The zero-order valence-corrected chi connectivity index (χ0v) is 30.7. The summed E-state index contributed by atoms with van der Waals surface area (Å²) in [6, 6.07) is 32.9. The summed E-state index contributed by atoms with van der Waals surface area (Å²) in [5.74, 6) is -1.78. The third-order valence-corrected chi connectivity index (χ3v) is 8.62. The maximum Gasteiger partial charge on any atom is 0.307 e.